The fourth-order valence-corrected chi connectivity index (χ4v) is 4.84. The molecule has 1 amide bonds. The van der Waals surface area contributed by atoms with E-state index in [0.717, 1.165) is 37.8 Å². The van der Waals surface area contributed by atoms with Crippen molar-refractivity contribution in [2.45, 2.75) is 45.3 Å². The molecule has 2 aliphatic heterocycles. The highest BCUT2D eigenvalue weighted by Gasteiger charge is 2.56. The normalized spacial score (nSPS) is 28.1. The van der Waals surface area contributed by atoms with Crippen molar-refractivity contribution in [3.8, 4) is 0 Å². The van der Waals surface area contributed by atoms with Crippen LogP contribution in [0.25, 0.3) is 0 Å². The number of benzene rings is 1. The van der Waals surface area contributed by atoms with Gasteiger partial charge in [0.25, 0.3) is 0 Å². The predicted molar refractivity (Wildman–Crippen MR) is 112 cm³/mol. The summed E-state index contributed by atoms with van der Waals surface area (Å²) in [6, 6.07) is 8.54. The second-order valence-electron chi connectivity index (χ2n) is 9.74. The minimum absolute atomic E-state index is 0.270. The first-order valence-corrected chi connectivity index (χ1v) is 10.6. The maximum atomic E-state index is 11.9. The van der Waals surface area contributed by atoms with E-state index in [1.54, 1.807) is 0 Å². The smallest absolute Gasteiger partial charge is 0.407 e. The van der Waals surface area contributed by atoms with Gasteiger partial charge in [0.15, 0.2) is 0 Å². The third kappa shape index (κ3) is 4.54. The van der Waals surface area contributed by atoms with Crippen LogP contribution in [0.1, 0.15) is 33.6 Å². The third-order valence-corrected chi connectivity index (χ3v) is 6.34. The first-order valence-electron chi connectivity index (χ1n) is 10.6. The molecule has 1 aromatic rings. The Morgan fingerprint density at radius 3 is 2.32 bits per heavy atom. The van der Waals surface area contributed by atoms with E-state index < -0.39 is 5.60 Å². The number of nitrogens with zero attached hydrogens (tertiary/aromatic N) is 2. The number of nitrogens with two attached hydrogens (primary N) is 1. The number of amides is 1. The van der Waals surface area contributed by atoms with Gasteiger partial charge in [-0.3, -0.25) is 0 Å². The van der Waals surface area contributed by atoms with Gasteiger partial charge in [0.2, 0.25) is 0 Å². The zero-order valence-electron chi connectivity index (χ0n) is 17.4. The number of likely N-dealkylation sites (tertiary alicyclic amines) is 1. The summed E-state index contributed by atoms with van der Waals surface area (Å²) in [6.45, 7) is 11.4. The van der Waals surface area contributed by atoms with Crippen LogP contribution in [0.15, 0.2) is 24.3 Å². The Morgan fingerprint density at radius 2 is 1.75 bits per heavy atom. The van der Waals surface area contributed by atoms with Crippen molar-refractivity contribution >= 4 is 17.5 Å². The first-order chi connectivity index (χ1) is 13.3. The summed E-state index contributed by atoms with van der Waals surface area (Å²) < 4.78 is 5.38. The summed E-state index contributed by atoms with van der Waals surface area (Å²) in [4.78, 5) is 17.0. The Balaban J connectivity index is 1.16. The third-order valence-electron chi connectivity index (χ3n) is 6.34. The van der Waals surface area contributed by atoms with Crippen LogP contribution < -0.4 is 16.0 Å². The first kappa shape index (κ1) is 19.4. The van der Waals surface area contributed by atoms with Crippen LogP contribution in [0.5, 0.6) is 0 Å². The van der Waals surface area contributed by atoms with Crippen LogP contribution in [-0.4, -0.2) is 55.4 Å². The van der Waals surface area contributed by atoms with Crippen molar-refractivity contribution in [3.63, 3.8) is 0 Å². The van der Waals surface area contributed by atoms with Crippen molar-refractivity contribution in [1.82, 2.24) is 10.2 Å². The van der Waals surface area contributed by atoms with Gasteiger partial charge in [0.1, 0.15) is 5.60 Å². The van der Waals surface area contributed by atoms with Crippen LogP contribution in [0.2, 0.25) is 0 Å². The Morgan fingerprint density at radius 1 is 1.14 bits per heavy atom. The van der Waals surface area contributed by atoms with Gasteiger partial charge in [-0.25, -0.2) is 4.79 Å². The number of nitrogen functional groups attached to an aromatic ring is 1. The molecule has 28 heavy (non-hydrogen) atoms. The van der Waals surface area contributed by atoms with E-state index in [0.29, 0.717) is 17.9 Å². The number of piperidine rings is 2. The van der Waals surface area contributed by atoms with Crippen molar-refractivity contribution in [2.24, 2.45) is 17.8 Å². The van der Waals surface area contributed by atoms with Gasteiger partial charge in [-0.15, -0.1) is 0 Å². The maximum Gasteiger partial charge on any atom is 0.407 e. The van der Waals surface area contributed by atoms with Crippen LogP contribution in [0.3, 0.4) is 0 Å². The molecule has 6 heteroatoms. The molecule has 0 radical (unpaired) electrons. The van der Waals surface area contributed by atoms with E-state index in [-0.39, 0.29) is 6.09 Å². The highest BCUT2D eigenvalue weighted by molar-refractivity contribution is 5.68. The summed E-state index contributed by atoms with van der Waals surface area (Å²) in [5.74, 6) is 2.00. The second kappa shape index (κ2) is 7.47. The number of carbonyl (C=O) groups excluding carboxylic acids is 1. The van der Waals surface area contributed by atoms with Crippen molar-refractivity contribution in [1.29, 1.82) is 0 Å². The molecule has 154 valence electrons. The van der Waals surface area contributed by atoms with Gasteiger partial charge in [-0.1, -0.05) is 0 Å². The molecule has 0 bridgehead atoms. The molecule has 1 saturated carbocycles. The largest absolute Gasteiger partial charge is 0.444 e. The molecule has 0 spiro atoms. The fraction of sp³-hybridized carbons (Fsp3) is 0.682. The number of fused-ring (bicyclic) bond motifs is 1. The second-order valence-corrected chi connectivity index (χ2v) is 9.74. The van der Waals surface area contributed by atoms with Crippen molar-refractivity contribution < 1.29 is 9.53 Å². The van der Waals surface area contributed by atoms with E-state index in [1.807, 2.05) is 32.9 Å². The van der Waals surface area contributed by atoms with Crippen molar-refractivity contribution in [3.05, 3.63) is 24.3 Å². The summed E-state index contributed by atoms with van der Waals surface area (Å²) >= 11 is 0. The summed E-state index contributed by atoms with van der Waals surface area (Å²) in [5, 5.41) is 3.06. The van der Waals surface area contributed by atoms with Crippen LogP contribution in [0.4, 0.5) is 16.2 Å². The summed E-state index contributed by atoms with van der Waals surface area (Å²) in [7, 11) is 0. The van der Waals surface area contributed by atoms with E-state index >= 15 is 0 Å². The van der Waals surface area contributed by atoms with Crippen LogP contribution >= 0.6 is 0 Å². The van der Waals surface area contributed by atoms with Gasteiger partial charge in [-0.2, -0.15) is 0 Å². The Hall–Kier alpha value is -1.95. The van der Waals surface area contributed by atoms with E-state index in [4.69, 9.17) is 10.5 Å². The monoisotopic (exact) mass is 386 g/mol. The average Bonchev–Trinajstić information content (AvgIpc) is 3.06. The number of hydrogen-bond acceptors (Lipinski definition) is 5. The zero-order chi connectivity index (χ0) is 19.9. The number of ether oxygens (including phenoxy) is 1. The van der Waals surface area contributed by atoms with E-state index in [1.165, 1.54) is 25.1 Å². The number of alkyl carbamates (subject to hydrolysis) is 1. The molecule has 2 atom stereocenters. The average molecular weight is 387 g/mol. The van der Waals surface area contributed by atoms with Gasteiger partial charge in [0, 0.05) is 50.1 Å². The number of carbonyl (C=O) groups is 1. The molecule has 2 saturated heterocycles. The molecule has 1 aliphatic carbocycles. The van der Waals surface area contributed by atoms with Gasteiger partial charge in [-0.05, 0) is 75.6 Å². The number of nitrogens with one attached hydrogen (secondary N) is 1. The predicted octanol–water partition coefficient (Wildman–Crippen LogP) is 2.94. The van der Waals surface area contributed by atoms with Gasteiger partial charge in [0.05, 0.1) is 0 Å². The minimum Gasteiger partial charge on any atom is -0.444 e. The lowest BCUT2D eigenvalue weighted by atomic mass is 9.95. The van der Waals surface area contributed by atoms with Crippen molar-refractivity contribution in [2.75, 3.05) is 43.4 Å². The molecule has 0 aromatic heterocycles. The number of anilines is 2. The number of hydrogen-bond donors (Lipinski definition) is 2. The van der Waals surface area contributed by atoms with Crippen LogP contribution in [0, 0.1) is 17.8 Å². The molecule has 2 unspecified atom stereocenters. The summed E-state index contributed by atoms with van der Waals surface area (Å²) in [5.41, 5.74) is 7.47. The topological polar surface area (TPSA) is 70.8 Å². The summed E-state index contributed by atoms with van der Waals surface area (Å²) in [6.07, 6.45) is 2.22. The number of rotatable bonds is 4. The lowest BCUT2D eigenvalue weighted by molar-refractivity contribution is 0.0513. The quantitative estimate of drug-likeness (QED) is 0.779. The highest BCUT2D eigenvalue weighted by Crippen LogP contribution is 2.46. The lowest BCUT2D eigenvalue weighted by Crippen LogP contribution is -2.41. The molecular weight excluding hydrogens is 352 g/mol. The van der Waals surface area contributed by atoms with Gasteiger partial charge < -0.3 is 25.6 Å². The Kier molecular flexibility index (Phi) is 5.17. The minimum atomic E-state index is -0.429. The fourth-order valence-electron chi connectivity index (χ4n) is 4.84. The molecule has 6 nitrogen and oxygen atoms in total. The maximum absolute atomic E-state index is 11.9. The lowest BCUT2D eigenvalue weighted by Gasteiger charge is -2.35. The molecular formula is C22H34N4O2. The zero-order valence-corrected chi connectivity index (χ0v) is 17.4. The SMILES string of the molecule is CC(C)(C)OC(=O)NC1C2CN(CC3CCN(c4ccc(N)cc4)CC3)CC21. The molecule has 3 N–H and O–H groups in total. The van der Waals surface area contributed by atoms with Crippen LogP contribution in [-0.2, 0) is 4.74 Å². The molecule has 3 aliphatic rings. The molecule has 4 rings (SSSR count). The molecule has 3 fully saturated rings. The van der Waals surface area contributed by atoms with Gasteiger partial charge >= 0.3 is 6.09 Å². The van der Waals surface area contributed by atoms with E-state index in [9.17, 15) is 4.79 Å². The highest BCUT2D eigenvalue weighted by atomic mass is 16.6. The standard InChI is InChI=1S/C22H34N4O2/c1-22(2,3)28-21(27)24-20-18-13-25(14-19(18)20)12-15-8-10-26(11-9-15)17-6-4-16(23)5-7-17/h4-7,15,18-20H,8-14,23H2,1-3H3,(H,24,27). The molecule has 1 aromatic carbocycles. The Bertz CT molecular complexity index is 679. The molecule has 2 heterocycles. The Labute approximate surface area is 168 Å². The van der Waals surface area contributed by atoms with E-state index in [2.05, 4.69) is 27.2 Å².